The van der Waals surface area contributed by atoms with Crippen LogP contribution in [0, 0.1) is 12.8 Å². The van der Waals surface area contributed by atoms with E-state index in [4.69, 9.17) is 0 Å². The van der Waals surface area contributed by atoms with E-state index in [0.717, 1.165) is 43.9 Å². The molecule has 0 bridgehead atoms. The second-order valence-electron chi connectivity index (χ2n) is 6.75. The third-order valence-corrected chi connectivity index (χ3v) is 6.54. The topological polar surface area (TPSA) is 78.4 Å². The van der Waals surface area contributed by atoms with Gasteiger partial charge in [-0.3, -0.25) is 0 Å². The molecular weight excluding hydrogens is 362 g/mol. The number of aryl methyl sites for hydroxylation is 1. The molecule has 3 rings (SSSR count). The van der Waals surface area contributed by atoms with Crippen LogP contribution in [0.5, 0.6) is 0 Å². The van der Waals surface area contributed by atoms with Gasteiger partial charge in [-0.05, 0) is 38.2 Å². The summed E-state index contributed by atoms with van der Waals surface area (Å²) in [5, 5.41) is 0. The van der Waals surface area contributed by atoms with Crippen LogP contribution in [-0.2, 0) is 10.2 Å². The first-order chi connectivity index (χ1) is 11.5. The molecule has 9 heteroatoms. The Kier molecular flexibility index (Phi) is 7.01. The van der Waals surface area contributed by atoms with Crippen molar-refractivity contribution in [1.82, 2.24) is 19.0 Å². The standard InChI is InChI=1S/C16H27N5O2S.ClH/c1-3-6-14-11-20(16-7-8-17-13(2)18-16)12-15(14)19-24(22,23)21-9-4-5-10-21;/h7-8,14-15,19H,3-6,9-12H2,1-2H3;1H/t14-,15-;/m0./s1. The fourth-order valence-corrected chi connectivity index (χ4v) is 5.21. The first-order valence-electron chi connectivity index (χ1n) is 8.81. The summed E-state index contributed by atoms with van der Waals surface area (Å²) in [5.41, 5.74) is 0. The molecule has 2 aliphatic rings. The first kappa shape index (κ1) is 20.4. The van der Waals surface area contributed by atoms with Gasteiger partial charge in [0, 0.05) is 38.4 Å². The van der Waals surface area contributed by atoms with Gasteiger partial charge < -0.3 is 4.90 Å². The van der Waals surface area contributed by atoms with E-state index < -0.39 is 10.2 Å². The summed E-state index contributed by atoms with van der Waals surface area (Å²) in [6.45, 7) is 6.77. The molecule has 0 unspecified atom stereocenters. The summed E-state index contributed by atoms with van der Waals surface area (Å²) in [6.07, 6.45) is 5.72. The largest absolute Gasteiger partial charge is 0.355 e. The number of rotatable bonds is 6. The number of halogens is 1. The third-order valence-electron chi connectivity index (χ3n) is 4.89. The maximum absolute atomic E-state index is 12.6. The second-order valence-corrected chi connectivity index (χ2v) is 8.45. The Morgan fingerprint density at radius 2 is 2.00 bits per heavy atom. The van der Waals surface area contributed by atoms with Gasteiger partial charge in [0.25, 0.3) is 10.2 Å². The summed E-state index contributed by atoms with van der Waals surface area (Å²) in [5.74, 6) is 1.93. The summed E-state index contributed by atoms with van der Waals surface area (Å²) in [7, 11) is -3.38. The second kappa shape index (κ2) is 8.62. The van der Waals surface area contributed by atoms with Crippen molar-refractivity contribution in [3.63, 3.8) is 0 Å². The van der Waals surface area contributed by atoms with Gasteiger partial charge in [0.15, 0.2) is 0 Å². The van der Waals surface area contributed by atoms with Crippen LogP contribution in [0.1, 0.15) is 38.4 Å². The minimum Gasteiger partial charge on any atom is -0.355 e. The predicted octanol–water partition coefficient (Wildman–Crippen LogP) is 1.74. The molecule has 142 valence electrons. The van der Waals surface area contributed by atoms with Crippen molar-refractivity contribution >= 4 is 28.4 Å². The molecule has 7 nitrogen and oxygen atoms in total. The molecule has 2 atom stereocenters. The fraction of sp³-hybridized carbons (Fsp3) is 0.750. The van der Waals surface area contributed by atoms with Gasteiger partial charge in [-0.25, -0.2) is 9.97 Å². The zero-order valence-corrected chi connectivity index (χ0v) is 16.5. The quantitative estimate of drug-likeness (QED) is 0.801. The average molecular weight is 390 g/mol. The van der Waals surface area contributed by atoms with Gasteiger partial charge in [-0.15, -0.1) is 12.4 Å². The summed E-state index contributed by atoms with van der Waals surface area (Å²) < 4.78 is 29.7. The van der Waals surface area contributed by atoms with E-state index in [9.17, 15) is 8.42 Å². The van der Waals surface area contributed by atoms with Gasteiger partial charge >= 0.3 is 0 Å². The normalized spacial score (nSPS) is 24.5. The molecule has 0 amide bonds. The Balaban J connectivity index is 0.00000225. The molecule has 2 fully saturated rings. The van der Waals surface area contributed by atoms with Crippen LogP contribution < -0.4 is 9.62 Å². The van der Waals surface area contributed by atoms with E-state index in [1.165, 1.54) is 0 Å². The molecular formula is C16H28ClN5O2S. The number of nitrogens with one attached hydrogen (secondary N) is 1. The minimum absolute atomic E-state index is 0. The van der Waals surface area contributed by atoms with Crippen molar-refractivity contribution in [2.75, 3.05) is 31.1 Å². The molecule has 2 saturated heterocycles. The molecule has 1 aromatic heterocycles. The maximum Gasteiger partial charge on any atom is 0.279 e. The van der Waals surface area contributed by atoms with E-state index in [2.05, 4.69) is 26.5 Å². The number of hydrogen-bond donors (Lipinski definition) is 1. The maximum atomic E-state index is 12.6. The van der Waals surface area contributed by atoms with Gasteiger partial charge in [0.2, 0.25) is 0 Å². The molecule has 1 aromatic rings. The molecule has 0 aromatic carbocycles. The highest BCUT2D eigenvalue weighted by Gasteiger charge is 2.37. The summed E-state index contributed by atoms with van der Waals surface area (Å²) in [4.78, 5) is 10.8. The van der Waals surface area contributed by atoms with Gasteiger partial charge in [-0.1, -0.05) is 13.3 Å². The first-order valence-corrected chi connectivity index (χ1v) is 10.3. The Labute approximate surface area is 156 Å². The lowest BCUT2D eigenvalue weighted by atomic mass is 9.99. The van der Waals surface area contributed by atoms with Crippen LogP contribution in [-0.4, -0.2) is 54.9 Å². The Bertz CT molecular complexity index is 666. The highest BCUT2D eigenvalue weighted by atomic mass is 35.5. The van der Waals surface area contributed by atoms with Crippen LogP contribution in [0.25, 0.3) is 0 Å². The van der Waals surface area contributed by atoms with E-state index >= 15 is 0 Å². The smallest absolute Gasteiger partial charge is 0.279 e. The van der Waals surface area contributed by atoms with Crippen molar-refractivity contribution in [3.05, 3.63) is 18.1 Å². The van der Waals surface area contributed by atoms with Crippen LogP contribution in [0.2, 0.25) is 0 Å². The summed E-state index contributed by atoms with van der Waals surface area (Å²) in [6, 6.07) is 1.83. The lowest BCUT2D eigenvalue weighted by molar-refractivity contribution is 0.412. The van der Waals surface area contributed by atoms with Crippen molar-refractivity contribution in [2.45, 2.75) is 45.6 Å². The molecule has 25 heavy (non-hydrogen) atoms. The molecule has 0 aliphatic carbocycles. The van der Waals surface area contributed by atoms with Crippen molar-refractivity contribution in [3.8, 4) is 0 Å². The monoisotopic (exact) mass is 389 g/mol. The fourth-order valence-electron chi connectivity index (χ4n) is 3.67. The molecule has 0 radical (unpaired) electrons. The molecule has 2 aliphatic heterocycles. The Morgan fingerprint density at radius 3 is 2.64 bits per heavy atom. The lowest BCUT2D eigenvalue weighted by Gasteiger charge is -2.23. The van der Waals surface area contributed by atoms with Crippen LogP contribution in [0.15, 0.2) is 12.3 Å². The SMILES string of the molecule is CCC[C@H]1CN(c2ccnc(C)n2)C[C@@H]1NS(=O)(=O)N1CCCC1.Cl. The van der Waals surface area contributed by atoms with Crippen molar-refractivity contribution < 1.29 is 8.42 Å². The van der Waals surface area contributed by atoms with E-state index in [0.29, 0.717) is 25.6 Å². The molecule has 0 spiro atoms. The van der Waals surface area contributed by atoms with E-state index in [1.807, 2.05) is 13.0 Å². The Hall–Kier alpha value is -0.960. The number of anilines is 1. The zero-order chi connectivity index (χ0) is 17.2. The zero-order valence-electron chi connectivity index (χ0n) is 14.9. The molecule has 0 saturated carbocycles. The Morgan fingerprint density at radius 1 is 1.28 bits per heavy atom. The van der Waals surface area contributed by atoms with E-state index in [-0.39, 0.29) is 18.4 Å². The van der Waals surface area contributed by atoms with Gasteiger partial charge in [-0.2, -0.15) is 17.4 Å². The van der Waals surface area contributed by atoms with Crippen LogP contribution in [0.3, 0.4) is 0 Å². The molecule has 3 heterocycles. The van der Waals surface area contributed by atoms with Crippen LogP contribution in [0.4, 0.5) is 5.82 Å². The lowest BCUT2D eigenvalue weighted by Crippen LogP contribution is -2.47. The van der Waals surface area contributed by atoms with Gasteiger partial charge in [0.05, 0.1) is 0 Å². The van der Waals surface area contributed by atoms with Crippen molar-refractivity contribution in [2.24, 2.45) is 5.92 Å². The minimum atomic E-state index is -3.38. The average Bonchev–Trinajstić information content (AvgIpc) is 3.18. The molecule has 1 N–H and O–H groups in total. The van der Waals surface area contributed by atoms with Gasteiger partial charge in [0.1, 0.15) is 11.6 Å². The summed E-state index contributed by atoms with van der Waals surface area (Å²) >= 11 is 0. The van der Waals surface area contributed by atoms with Crippen molar-refractivity contribution in [1.29, 1.82) is 0 Å². The third kappa shape index (κ3) is 4.81. The van der Waals surface area contributed by atoms with Crippen LogP contribution >= 0.6 is 12.4 Å². The highest BCUT2D eigenvalue weighted by Crippen LogP contribution is 2.27. The van der Waals surface area contributed by atoms with E-state index in [1.54, 1.807) is 10.5 Å². The number of hydrogen-bond acceptors (Lipinski definition) is 5. The highest BCUT2D eigenvalue weighted by molar-refractivity contribution is 7.87. The number of nitrogens with zero attached hydrogens (tertiary/aromatic N) is 4. The predicted molar refractivity (Wildman–Crippen MR) is 101 cm³/mol. The number of aromatic nitrogens is 2.